The molecule has 0 fully saturated rings. The van der Waals surface area contributed by atoms with Gasteiger partial charge in [0.25, 0.3) is 0 Å². The van der Waals surface area contributed by atoms with E-state index in [1.165, 1.54) is 28.8 Å². The summed E-state index contributed by atoms with van der Waals surface area (Å²) in [6.07, 6.45) is 2.44. The summed E-state index contributed by atoms with van der Waals surface area (Å²) < 4.78 is 49.7. The van der Waals surface area contributed by atoms with Crippen molar-refractivity contribution < 1.29 is 22.0 Å². The molecule has 0 aliphatic carbocycles. The molecule has 154 valence electrons. The zero-order chi connectivity index (χ0) is 20.9. The molecule has 0 atom stereocenters. The largest absolute Gasteiger partial charge is 0.341 e. The highest BCUT2D eigenvalue weighted by Gasteiger charge is 2.26. The maximum atomic E-state index is 12.5. The molecule has 3 rings (SSSR count). The van der Waals surface area contributed by atoms with E-state index < -0.39 is 20.5 Å². The van der Waals surface area contributed by atoms with E-state index in [1.807, 2.05) is 22.1 Å². The first-order valence-corrected chi connectivity index (χ1v) is 11.7. The van der Waals surface area contributed by atoms with Gasteiger partial charge in [0.05, 0.1) is 10.6 Å². The highest BCUT2D eigenvalue weighted by molar-refractivity contribution is 7.99. The Balaban J connectivity index is 1.52. The summed E-state index contributed by atoms with van der Waals surface area (Å²) in [6.45, 7) is 0.692. The van der Waals surface area contributed by atoms with Gasteiger partial charge >= 0.3 is 5.76 Å². The van der Waals surface area contributed by atoms with Crippen LogP contribution in [0.2, 0.25) is 0 Å². The predicted molar refractivity (Wildman–Crippen MR) is 107 cm³/mol. The molecule has 0 saturated heterocycles. The predicted octanol–water partition coefficient (Wildman–Crippen LogP) is 3.31. The van der Waals surface area contributed by atoms with Crippen molar-refractivity contribution in [2.24, 2.45) is 0 Å². The van der Waals surface area contributed by atoms with E-state index >= 15 is 0 Å². The van der Waals surface area contributed by atoms with E-state index in [-0.39, 0.29) is 11.7 Å². The first-order chi connectivity index (χ1) is 13.9. The normalized spacial score (nSPS) is 11.7. The second kappa shape index (κ2) is 9.46. The molecule has 3 aromatic rings. The smallest absolute Gasteiger partial charge is 0.325 e. The minimum Gasteiger partial charge on any atom is -0.325 e. The SMILES string of the molecule is O=C(CSc1nncn1CCc1cccs1)Nc1ccc(S(=O)(=O)C(F)F)cc1. The molecular weight excluding hydrogens is 442 g/mol. The van der Waals surface area contributed by atoms with Crippen molar-refractivity contribution in [3.63, 3.8) is 0 Å². The van der Waals surface area contributed by atoms with E-state index in [0.717, 1.165) is 18.6 Å². The van der Waals surface area contributed by atoms with Crippen molar-refractivity contribution in [1.82, 2.24) is 14.8 Å². The summed E-state index contributed by atoms with van der Waals surface area (Å²) in [7, 11) is -4.66. The summed E-state index contributed by atoms with van der Waals surface area (Å²) in [5, 5.41) is 13.1. The average Bonchev–Trinajstić information content (AvgIpc) is 3.36. The molecule has 0 bridgehead atoms. The number of thioether (sulfide) groups is 1. The number of hydrogen-bond donors (Lipinski definition) is 1. The fraction of sp³-hybridized carbons (Fsp3) is 0.235. The van der Waals surface area contributed by atoms with Crippen LogP contribution in [0.4, 0.5) is 14.5 Å². The molecule has 2 aromatic heterocycles. The quantitative estimate of drug-likeness (QED) is 0.495. The fourth-order valence-electron chi connectivity index (χ4n) is 2.35. The van der Waals surface area contributed by atoms with Crippen LogP contribution in [-0.2, 0) is 27.6 Å². The van der Waals surface area contributed by atoms with Crippen LogP contribution in [0.25, 0.3) is 0 Å². The van der Waals surface area contributed by atoms with Gasteiger partial charge in [0, 0.05) is 17.1 Å². The molecule has 0 aliphatic heterocycles. The topological polar surface area (TPSA) is 93.9 Å². The summed E-state index contributed by atoms with van der Waals surface area (Å²) in [6, 6.07) is 8.63. The molecule has 0 unspecified atom stereocenters. The number of aromatic nitrogens is 3. The van der Waals surface area contributed by atoms with Gasteiger partial charge in [-0.05, 0) is 42.1 Å². The number of sulfone groups is 1. The number of carbonyl (C=O) groups is 1. The first-order valence-electron chi connectivity index (χ1n) is 8.31. The maximum absolute atomic E-state index is 12.5. The van der Waals surface area contributed by atoms with Crippen LogP contribution in [0.1, 0.15) is 4.88 Å². The lowest BCUT2D eigenvalue weighted by molar-refractivity contribution is -0.113. The van der Waals surface area contributed by atoms with E-state index in [1.54, 1.807) is 17.7 Å². The zero-order valence-corrected chi connectivity index (χ0v) is 17.3. The van der Waals surface area contributed by atoms with Crippen molar-refractivity contribution in [2.75, 3.05) is 11.1 Å². The van der Waals surface area contributed by atoms with Gasteiger partial charge in [-0.25, -0.2) is 8.42 Å². The Morgan fingerprint density at radius 2 is 2.00 bits per heavy atom. The standard InChI is InChI=1S/C17H16F2N4O3S3/c18-16(19)29(25,26)14-5-3-12(4-6-14)21-15(24)10-28-17-22-20-11-23(17)8-7-13-2-1-9-27-13/h1-6,9,11,16H,7-8,10H2,(H,21,24). The molecule has 0 radical (unpaired) electrons. The van der Waals surface area contributed by atoms with Gasteiger partial charge in [-0.2, -0.15) is 8.78 Å². The van der Waals surface area contributed by atoms with Crippen molar-refractivity contribution in [1.29, 1.82) is 0 Å². The highest BCUT2D eigenvalue weighted by atomic mass is 32.2. The highest BCUT2D eigenvalue weighted by Crippen LogP contribution is 2.21. The molecule has 1 aromatic carbocycles. The summed E-state index contributed by atoms with van der Waals surface area (Å²) in [4.78, 5) is 12.9. The molecule has 2 heterocycles. The van der Waals surface area contributed by atoms with E-state index in [0.29, 0.717) is 17.4 Å². The average molecular weight is 459 g/mol. The number of hydrogen-bond acceptors (Lipinski definition) is 7. The number of benzene rings is 1. The van der Waals surface area contributed by atoms with Crippen LogP contribution in [-0.4, -0.2) is 40.6 Å². The molecule has 1 N–H and O–H groups in total. The molecule has 0 spiro atoms. The van der Waals surface area contributed by atoms with Gasteiger partial charge in [-0.15, -0.1) is 21.5 Å². The monoisotopic (exact) mass is 458 g/mol. The minimum atomic E-state index is -4.66. The van der Waals surface area contributed by atoms with E-state index in [9.17, 15) is 22.0 Å². The third-order valence-corrected chi connectivity index (χ3v) is 7.11. The molecule has 0 aliphatic rings. The van der Waals surface area contributed by atoms with Gasteiger partial charge in [0.1, 0.15) is 6.33 Å². The third kappa shape index (κ3) is 5.61. The molecular formula is C17H16F2N4O3S3. The summed E-state index contributed by atoms with van der Waals surface area (Å²) in [5.74, 6) is -3.77. The van der Waals surface area contributed by atoms with Gasteiger partial charge in [-0.3, -0.25) is 4.79 Å². The molecule has 29 heavy (non-hydrogen) atoms. The third-order valence-electron chi connectivity index (χ3n) is 3.79. The van der Waals surface area contributed by atoms with Gasteiger partial charge in [0.15, 0.2) is 5.16 Å². The zero-order valence-electron chi connectivity index (χ0n) is 14.9. The Labute approximate surface area is 174 Å². The minimum absolute atomic E-state index is 0.0643. The first kappa shape index (κ1) is 21.4. The lowest BCUT2D eigenvalue weighted by atomic mass is 10.3. The Kier molecular flexibility index (Phi) is 6.98. The lowest BCUT2D eigenvalue weighted by Gasteiger charge is -2.08. The Morgan fingerprint density at radius 1 is 1.24 bits per heavy atom. The molecule has 1 amide bonds. The number of rotatable bonds is 9. The van der Waals surface area contributed by atoms with Crippen molar-refractivity contribution >= 4 is 44.5 Å². The molecule has 7 nitrogen and oxygen atoms in total. The van der Waals surface area contributed by atoms with Crippen LogP contribution in [0.3, 0.4) is 0 Å². The number of nitrogens with one attached hydrogen (secondary N) is 1. The Hall–Kier alpha value is -2.31. The van der Waals surface area contributed by atoms with E-state index in [4.69, 9.17) is 0 Å². The van der Waals surface area contributed by atoms with Crippen LogP contribution in [0, 0.1) is 0 Å². The fourth-order valence-corrected chi connectivity index (χ4v) is 4.51. The summed E-state index contributed by atoms with van der Waals surface area (Å²) >= 11 is 2.88. The van der Waals surface area contributed by atoms with Crippen LogP contribution < -0.4 is 5.32 Å². The lowest BCUT2D eigenvalue weighted by Crippen LogP contribution is -2.15. The number of anilines is 1. The molecule has 12 heteroatoms. The number of alkyl halides is 2. The second-order valence-electron chi connectivity index (χ2n) is 5.80. The van der Waals surface area contributed by atoms with Crippen LogP contribution in [0.5, 0.6) is 0 Å². The van der Waals surface area contributed by atoms with Crippen molar-refractivity contribution in [3.05, 3.63) is 53.0 Å². The number of nitrogens with zero attached hydrogens (tertiary/aromatic N) is 3. The Morgan fingerprint density at radius 3 is 2.66 bits per heavy atom. The van der Waals surface area contributed by atoms with Crippen LogP contribution in [0.15, 0.2) is 58.2 Å². The number of halogens is 2. The van der Waals surface area contributed by atoms with Gasteiger partial charge in [0.2, 0.25) is 15.7 Å². The second-order valence-corrected chi connectivity index (χ2v) is 9.70. The molecule has 0 saturated carbocycles. The maximum Gasteiger partial charge on any atom is 0.341 e. The number of carbonyl (C=O) groups excluding carboxylic acids is 1. The Bertz CT molecular complexity index is 1050. The van der Waals surface area contributed by atoms with Crippen molar-refractivity contribution in [2.45, 2.75) is 28.8 Å². The van der Waals surface area contributed by atoms with Crippen LogP contribution >= 0.6 is 23.1 Å². The number of aryl methyl sites for hydroxylation is 2. The van der Waals surface area contributed by atoms with Gasteiger partial charge in [-0.1, -0.05) is 17.8 Å². The number of thiophene rings is 1. The number of amides is 1. The van der Waals surface area contributed by atoms with Gasteiger partial charge < -0.3 is 9.88 Å². The van der Waals surface area contributed by atoms with E-state index in [2.05, 4.69) is 15.5 Å². The van der Waals surface area contributed by atoms with Crippen molar-refractivity contribution in [3.8, 4) is 0 Å². The summed E-state index contributed by atoms with van der Waals surface area (Å²) in [5.41, 5.74) is 0.308.